The third-order valence-corrected chi connectivity index (χ3v) is 7.11. The van der Waals surface area contributed by atoms with Crippen LogP contribution < -0.4 is 15.5 Å². The number of carbonyl (C=O) groups excluding carboxylic acids is 3. The van der Waals surface area contributed by atoms with E-state index in [0.29, 0.717) is 49.4 Å². The van der Waals surface area contributed by atoms with Crippen molar-refractivity contribution >= 4 is 23.4 Å². The summed E-state index contributed by atoms with van der Waals surface area (Å²) in [5, 5.41) is 5.41. The number of piperidine rings is 1. The van der Waals surface area contributed by atoms with Gasteiger partial charge in [-0.3, -0.25) is 9.59 Å². The molecule has 1 saturated heterocycles. The van der Waals surface area contributed by atoms with Gasteiger partial charge in [0.1, 0.15) is 11.6 Å². The number of urea groups is 1. The minimum atomic E-state index is -0.642. The third-order valence-electron chi connectivity index (χ3n) is 7.11. The molecule has 2 aromatic rings. The molecule has 1 fully saturated rings. The van der Waals surface area contributed by atoms with E-state index in [1.165, 1.54) is 37.4 Å². The van der Waals surface area contributed by atoms with Crippen LogP contribution >= 0.6 is 0 Å². The van der Waals surface area contributed by atoms with Gasteiger partial charge in [-0.25, -0.2) is 13.6 Å². The molecule has 2 aliphatic rings. The standard InChI is InChI=1S/C26H30F2N4O4/c1-31-22-6-4-18(27)14-20(22)23(33)15-26(31)7-10-32(11-8-26)25(35)30-16-17-3-5-21(28)19(13-17)24(34)29-9-12-36-2/h3-6,13-14H,7-12,15-16H2,1-2H3,(H,29,34)(H,30,35). The topological polar surface area (TPSA) is 91.0 Å². The molecule has 0 aromatic heterocycles. The van der Waals surface area contributed by atoms with Gasteiger partial charge in [-0.05, 0) is 48.7 Å². The summed E-state index contributed by atoms with van der Waals surface area (Å²) in [5.74, 6) is -1.71. The molecular weight excluding hydrogens is 470 g/mol. The zero-order chi connectivity index (χ0) is 25.9. The summed E-state index contributed by atoms with van der Waals surface area (Å²) in [6.07, 6.45) is 1.48. The maximum Gasteiger partial charge on any atom is 0.317 e. The van der Waals surface area contributed by atoms with E-state index < -0.39 is 23.1 Å². The highest BCUT2D eigenvalue weighted by atomic mass is 19.1. The normalized spacial score (nSPS) is 16.6. The van der Waals surface area contributed by atoms with Gasteiger partial charge in [0.15, 0.2) is 5.78 Å². The highest BCUT2D eigenvalue weighted by Gasteiger charge is 2.45. The number of anilines is 1. The number of Topliss-reactive ketones (excluding diaryl/α,β-unsaturated/α-hetero) is 1. The lowest BCUT2D eigenvalue weighted by Gasteiger charge is -2.50. The fourth-order valence-corrected chi connectivity index (χ4v) is 4.94. The van der Waals surface area contributed by atoms with Crippen molar-refractivity contribution in [3.63, 3.8) is 0 Å². The number of halogens is 2. The zero-order valence-electron chi connectivity index (χ0n) is 20.4. The molecule has 0 radical (unpaired) electrons. The van der Waals surface area contributed by atoms with Crippen LogP contribution in [0.4, 0.5) is 19.3 Å². The largest absolute Gasteiger partial charge is 0.383 e. The smallest absolute Gasteiger partial charge is 0.317 e. The van der Waals surface area contributed by atoms with Gasteiger partial charge in [-0.2, -0.15) is 0 Å². The Balaban J connectivity index is 1.34. The van der Waals surface area contributed by atoms with Crippen LogP contribution in [-0.4, -0.2) is 68.6 Å². The third kappa shape index (κ3) is 5.18. The number of hydrogen-bond acceptors (Lipinski definition) is 5. The fourth-order valence-electron chi connectivity index (χ4n) is 4.94. The summed E-state index contributed by atoms with van der Waals surface area (Å²) in [6, 6.07) is 8.16. The maximum absolute atomic E-state index is 14.1. The van der Waals surface area contributed by atoms with Gasteiger partial charge in [0.2, 0.25) is 0 Å². The molecule has 36 heavy (non-hydrogen) atoms. The Morgan fingerprint density at radius 2 is 1.83 bits per heavy atom. The Morgan fingerprint density at radius 3 is 2.56 bits per heavy atom. The molecule has 2 N–H and O–H groups in total. The van der Waals surface area contributed by atoms with Crippen molar-refractivity contribution in [2.45, 2.75) is 31.3 Å². The van der Waals surface area contributed by atoms with E-state index in [1.807, 2.05) is 7.05 Å². The molecule has 0 unspecified atom stereocenters. The number of ketones is 1. The summed E-state index contributed by atoms with van der Waals surface area (Å²) in [4.78, 5) is 41.5. The second-order valence-electron chi connectivity index (χ2n) is 9.25. The average Bonchev–Trinajstić information content (AvgIpc) is 2.87. The van der Waals surface area contributed by atoms with Gasteiger partial charge in [0.05, 0.1) is 17.7 Å². The van der Waals surface area contributed by atoms with Crippen LogP contribution in [0, 0.1) is 11.6 Å². The second kappa shape index (κ2) is 10.6. The molecule has 0 saturated carbocycles. The van der Waals surface area contributed by atoms with Crippen LogP contribution in [-0.2, 0) is 11.3 Å². The number of benzene rings is 2. The van der Waals surface area contributed by atoms with Crippen molar-refractivity contribution in [2.24, 2.45) is 0 Å². The van der Waals surface area contributed by atoms with Gasteiger partial charge >= 0.3 is 6.03 Å². The quantitative estimate of drug-likeness (QED) is 0.595. The number of carbonyl (C=O) groups is 3. The van der Waals surface area contributed by atoms with Crippen LogP contribution in [0.3, 0.4) is 0 Å². The number of nitrogens with one attached hydrogen (secondary N) is 2. The summed E-state index contributed by atoms with van der Waals surface area (Å²) in [7, 11) is 3.42. The monoisotopic (exact) mass is 500 g/mol. The Kier molecular flexibility index (Phi) is 7.53. The van der Waals surface area contributed by atoms with Gasteiger partial charge in [-0.15, -0.1) is 0 Å². The first-order valence-corrected chi connectivity index (χ1v) is 11.9. The molecule has 3 amide bonds. The highest BCUT2D eigenvalue weighted by Crippen LogP contribution is 2.41. The highest BCUT2D eigenvalue weighted by molar-refractivity contribution is 6.04. The Morgan fingerprint density at radius 1 is 1.08 bits per heavy atom. The molecule has 192 valence electrons. The first kappa shape index (κ1) is 25.6. The number of rotatable bonds is 6. The minimum Gasteiger partial charge on any atom is -0.383 e. The lowest BCUT2D eigenvalue weighted by molar-refractivity contribution is 0.0888. The average molecular weight is 501 g/mol. The van der Waals surface area contributed by atoms with Crippen LogP contribution in [0.1, 0.15) is 45.5 Å². The molecule has 2 aromatic carbocycles. The van der Waals surface area contributed by atoms with E-state index in [4.69, 9.17) is 4.74 Å². The number of fused-ring (bicyclic) bond motifs is 1. The molecule has 10 heteroatoms. The molecule has 2 heterocycles. The summed E-state index contributed by atoms with van der Waals surface area (Å²) in [5.41, 5.74) is 1.19. The van der Waals surface area contributed by atoms with E-state index in [9.17, 15) is 23.2 Å². The van der Waals surface area contributed by atoms with Crippen LogP contribution in [0.25, 0.3) is 0 Å². The molecule has 0 atom stereocenters. The number of amides is 3. The van der Waals surface area contributed by atoms with Crippen LogP contribution in [0.2, 0.25) is 0 Å². The lowest BCUT2D eigenvalue weighted by atomic mass is 9.77. The van der Waals surface area contributed by atoms with E-state index >= 15 is 0 Å². The molecular formula is C26H30F2N4O4. The molecule has 4 rings (SSSR count). The molecule has 0 bridgehead atoms. The van der Waals surface area contributed by atoms with Crippen LogP contribution in [0.15, 0.2) is 36.4 Å². The predicted molar refractivity (Wildman–Crippen MR) is 130 cm³/mol. The first-order valence-electron chi connectivity index (χ1n) is 11.9. The van der Waals surface area contributed by atoms with E-state index in [-0.39, 0.29) is 36.9 Å². The van der Waals surface area contributed by atoms with Crippen molar-refractivity contribution in [1.82, 2.24) is 15.5 Å². The summed E-state index contributed by atoms with van der Waals surface area (Å²) >= 11 is 0. The summed E-state index contributed by atoms with van der Waals surface area (Å²) in [6.45, 7) is 1.62. The lowest BCUT2D eigenvalue weighted by Crippen LogP contribution is -2.59. The van der Waals surface area contributed by atoms with Crippen molar-refractivity contribution in [2.75, 3.05) is 45.3 Å². The van der Waals surface area contributed by atoms with E-state index in [0.717, 1.165) is 0 Å². The van der Waals surface area contributed by atoms with E-state index in [1.54, 1.807) is 11.0 Å². The predicted octanol–water partition coefficient (Wildman–Crippen LogP) is 3.11. The molecule has 8 nitrogen and oxygen atoms in total. The number of nitrogens with zero attached hydrogens (tertiary/aromatic N) is 2. The second-order valence-corrected chi connectivity index (χ2v) is 9.25. The number of ether oxygens (including phenoxy) is 1. The summed E-state index contributed by atoms with van der Waals surface area (Å²) < 4.78 is 32.7. The van der Waals surface area contributed by atoms with Gasteiger partial charge < -0.3 is 25.2 Å². The Labute approximate surface area is 208 Å². The molecule has 0 aliphatic carbocycles. The van der Waals surface area contributed by atoms with Crippen LogP contribution in [0.5, 0.6) is 0 Å². The van der Waals surface area contributed by atoms with Gasteiger partial charge in [0, 0.05) is 58.0 Å². The zero-order valence-corrected chi connectivity index (χ0v) is 20.4. The van der Waals surface area contributed by atoms with Gasteiger partial charge in [-0.1, -0.05) is 6.07 Å². The van der Waals surface area contributed by atoms with Gasteiger partial charge in [0.25, 0.3) is 5.91 Å². The van der Waals surface area contributed by atoms with Crippen molar-refractivity contribution in [1.29, 1.82) is 0 Å². The Bertz CT molecular complexity index is 1160. The first-order chi connectivity index (χ1) is 17.2. The number of hydrogen-bond donors (Lipinski definition) is 2. The van der Waals surface area contributed by atoms with E-state index in [2.05, 4.69) is 15.5 Å². The van der Waals surface area contributed by atoms with Crippen molar-refractivity contribution in [3.8, 4) is 0 Å². The molecule has 2 aliphatic heterocycles. The fraction of sp³-hybridized carbons (Fsp3) is 0.423. The minimum absolute atomic E-state index is 0.0844. The number of likely N-dealkylation sites (tertiary alicyclic amines) is 1. The molecule has 1 spiro atoms. The number of methoxy groups -OCH3 is 1. The Hall–Kier alpha value is -3.53. The van der Waals surface area contributed by atoms with Crippen molar-refractivity contribution in [3.05, 3.63) is 64.7 Å². The van der Waals surface area contributed by atoms with Crippen molar-refractivity contribution < 1.29 is 27.9 Å². The SMILES string of the molecule is COCCNC(=O)c1cc(CNC(=O)N2CCC3(CC2)CC(=O)c2cc(F)ccc2N3C)ccc1F. The maximum atomic E-state index is 14.1.